The summed E-state index contributed by atoms with van der Waals surface area (Å²) in [6.07, 6.45) is -1.26. The highest BCUT2D eigenvalue weighted by atomic mass is 18.3. The average Bonchev–Trinajstić information content (AvgIpc) is 3.39. The van der Waals surface area contributed by atoms with Gasteiger partial charge in [-0.3, -0.25) is 14.2 Å². The van der Waals surface area contributed by atoms with Gasteiger partial charge in [0, 0.05) is 27.4 Å². The first-order chi connectivity index (χ1) is 16.8. The molecule has 0 aliphatic carbocycles. The molecule has 0 bridgehead atoms. The van der Waals surface area contributed by atoms with E-state index in [1.54, 1.807) is 4.90 Å². The highest BCUT2D eigenvalue weighted by Gasteiger charge is 2.46. The molecule has 12 nitrogen and oxygen atoms in total. The van der Waals surface area contributed by atoms with Crippen LogP contribution >= 0.6 is 0 Å². The number of imidazole rings is 1. The van der Waals surface area contributed by atoms with E-state index in [-0.39, 0.29) is 6.42 Å². The highest BCUT2D eigenvalue weighted by Crippen LogP contribution is 2.32. The van der Waals surface area contributed by atoms with Crippen molar-refractivity contribution < 1.29 is 29.3 Å². The summed E-state index contributed by atoms with van der Waals surface area (Å²) in [5, 5.41) is 23.7. The summed E-state index contributed by atoms with van der Waals surface area (Å²) in [5.74, 6) is -0.624. The van der Waals surface area contributed by atoms with E-state index in [4.69, 9.17) is 9.47 Å². The molecule has 35 heavy (non-hydrogen) atoms. The molecule has 4 rings (SSSR count). The Morgan fingerprint density at radius 1 is 1.23 bits per heavy atom. The lowest BCUT2D eigenvalue weighted by molar-refractivity contribution is -0.154. The molecule has 1 fully saturated rings. The first-order valence-corrected chi connectivity index (χ1v) is 11.1. The van der Waals surface area contributed by atoms with E-state index in [0.29, 0.717) is 17.0 Å². The molecule has 0 unspecified atom stereocenters. The third-order valence-corrected chi connectivity index (χ3v) is 5.77. The van der Waals surface area contributed by atoms with Gasteiger partial charge in [0.05, 0.1) is 19.0 Å². The molecule has 1 aliphatic heterocycles. The van der Waals surface area contributed by atoms with Crippen molar-refractivity contribution in [2.45, 2.75) is 43.9 Å². The number of hydrogen-bond donors (Lipinski definition) is 3. The zero-order valence-corrected chi connectivity index (χ0v) is 19.6. The fraction of sp³-hybridized carbons (Fsp3) is 0.435. The summed E-state index contributed by atoms with van der Waals surface area (Å²) < 4.78 is 12.7. The van der Waals surface area contributed by atoms with Crippen LogP contribution in [-0.2, 0) is 25.5 Å². The average molecular weight is 487 g/mol. The standard InChI is InChI=1S/C23H28N6O6/c1-13(31)34-15(9-14-7-5-4-6-8-14)22(33)27-17-16(10-30)35-23(19(17)32)29-12-26-18-20(28(2)3)24-11-25-21(18)29/h4-8,11-12,15-17,19,23,30,32H,9-10H2,1-3H3,(H,27,33)/t15-,16+,17+,19+,23+/m0/s1/i34+2. The maximum atomic E-state index is 13.1. The Labute approximate surface area is 201 Å². The van der Waals surface area contributed by atoms with Crippen molar-refractivity contribution in [3.63, 3.8) is 0 Å². The van der Waals surface area contributed by atoms with E-state index < -0.39 is 49.1 Å². The van der Waals surface area contributed by atoms with Crippen molar-refractivity contribution in [1.82, 2.24) is 24.8 Å². The molecule has 12 heteroatoms. The number of rotatable bonds is 8. The Morgan fingerprint density at radius 2 is 1.97 bits per heavy atom. The summed E-state index contributed by atoms with van der Waals surface area (Å²) in [6.45, 7) is 0.763. The Bertz CT molecular complexity index is 1190. The molecule has 186 valence electrons. The van der Waals surface area contributed by atoms with Crippen molar-refractivity contribution >= 4 is 28.9 Å². The molecule has 2 aromatic heterocycles. The summed E-state index contributed by atoms with van der Waals surface area (Å²) in [5.41, 5.74) is 1.74. The van der Waals surface area contributed by atoms with Gasteiger partial charge in [0.25, 0.3) is 5.91 Å². The van der Waals surface area contributed by atoms with Crippen LogP contribution < -0.4 is 10.2 Å². The Kier molecular flexibility index (Phi) is 7.24. The van der Waals surface area contributed by atoms with Gasteiger partial charge in [-0.2, -0.15) is 0 Å². The van der Waals surface area contributed by atoms with E-state index in [1.807, 2.05) is 44.4 Å². The second-order valence-electron chi connectivity index (χ2n) is 8.48. The Hall–Kier alpha value is -3.61. The molecule has 1 aromatic carbocycles. The van der Waals surface area contributed by atoms with Crippen molar-refractivity contribution in [2.24, 2.45) is 0 Å². The van der Waals surface area contributed by atoms with Gasteiger partial charge in [0.2, 0.25) is 0 Å². The molecule has 0 radical (unpaired) electrons. The molecule has 1 amide bonds. The molecule has 1 aliphatic rings. The normalized spacial score (nSPS) is 22.7. The van der Waals surface area contributed by atoms with Gasteiger partial charge in [-0.25, -0.2) is 15.0 Å². The number of benzene rings is 1. The first-order valence-electron chi connectivity index (χ1n) is 11.1. The van der Waals surface area contributed by atoms with Crippen molar-refractivity contribution in [3.05, 3.63) is 48.5 Å². The lowest BCUT2D eigenvalue weighted by Crippen LogP contribution is -2.52. The minimum absolute atomic E-state index is 0.152. The van der Waals surface area contributed by atoms with Crippen LogP contribution in [0.2, 0.25) is 0 Å². The Morgan fingerprint density at radius 3 is 2.63 bits per heavy atom. The molecule has 0 spiro atoms. The van der Waals surface area contributed by atoms with Crippen LogP contribution in [0.15, 0.2) is 43.0 Å². The molecule has 5 atom stereocenters. The lowest BCUT2D eigenvalue weighted by atomic mass is 10.0. The van der Waals surface area contributed by atoms with Crippen molar-refractivity contribution in [1.29, 1.82) is 0 Å². The predicted molar refractivity (Wildman–Crippen MR) is 124 cm³/mol. The van der Waals surface area contributed by atoms with Crippen molar-refractivity contribution in [3.8, 4) is 0 Å². The van der Waals surface area contributed by atoms with E-state index in [9.17, 15) is 19.8 Å². The van der Waals surface area contributed by atoms with Gasteiger partial charge in [-0.1, -0.05) is 30.3 Å². The molecule has 3 aromatic rings. The lowest BCUT2D eigenvalue weighted by Gasteiger charge is -2.24. The van der Waals surface area contributed by atoms with Gasteiger partial charge in [-0.05, 0) is 5.56 Å². The fourth-order valence-corrected chi connectivity index (χ4v) is 4.13. The third kappa shape index (κ3) is 5.09. The number of nitrogens with zero attached hydrogens (tertiary/aromatic N) is 5. The zero-order chi connectivity index (χ0) is 25.1. The van der Waals surface area contributed by atoms with Gasteiger partial charge < -0.3 is 29.9 Å². The SMILES string of the molecule is CC(=O)[18O][C@@H](Cc1ccccc1)C(=O)N[C@H]1[C@@H](O)[C@H](n2cnc3c(N(C)C)ncnc32)O[C@@H]1CO. The highest BCUT2D eigenvalue weighted by molar-refractivity contribution is 5.84. The molecule has 0 saturated carbocycles. The van der Waals surface area contributed by atoms with Crippen LogP contribution in [0.3, 0.4) is 0 Å². The van der Waals surface area contributed by atoms with Crippen LogP contribution in [0.25, 0.3) is 11.2 Å². The number of aliphatic hydroxyl groups is 2. The smallest absolute Gasteiger partial charge is 0.303 e. The maximum Gasteiger partial charge on any atom is 0.303 e. The number of anilines is 1. The van der Waals surface area contributed by atoms with Crippen LogP contribution in [0.1, 0.15) is 18.7 Å². The van der Waals surface area contributed by atoms with E-state index in [1.165, 1.54) is 24.1 Å². The predicted octanol–water partition coefficient (Wildman–Crippen LogP) is -0.198. The molecular formula is C23H28N6O6. The zero-order valence-electron chi connectivity index (χ0n) is 19.6. The Balaban J connectivity index is 1.56. The number of hydrogen-bond acceptors (Lipinski definition) is 10. The number of ether oxygens (including phenoxy) is 2. The number of amides is 1. The van der Waals surface area contributed by atoms with Crippen LogP contribution in [-0.4, -0.2) is 86.7 Å². The summed E-state index contributed by atoms with van der Waals surface area (Å²) in [7, 11) is 3.65. The summed E-state index contributed by atoms with van der Waals surface area (Å²) in [6, 6.07) is 8.14. The van der Waals surface area contributed by atoms with Crippen LogP contribution in [0.4, 0.5) is 5.82 Å². The monoisotopic (exact) mass is 486 g/mol. The fourth-order valence-electron chi connectivity index (χ4n) is 4.13. The number of carbonyl (C=O) groups is 2. The number of esters is 1. The van der Waals surface area contributed by atoms with Crippen LogP contribution in [0.5, 0.6) is 0 Å². The van der Waals surface area contributed by atoms with Gasteiger partial charge in [0.1, 0.15) is 18.5 Å². The molecule has 3 heterocycles. The van der Waals surface area contributed by atoms with Gasteiger partial charge in [-0.15, -0.1) is 0 Å². The van der Waals surface area contributed by atoms with E-state index in [2.05, 4.69) is 20.3 Å². The van der Waals surface area contributed by atoms with Crippen LogP contribution in [0, 0.1) is 0 Å². The van der Waals surface area contributed by atoms with Gasteiger partial charge >= 0.3 is 5.97 Å². The van der Waals surface area contributed by atoms with E-state index in [0.717, 1.165) is 5.56 Å². The number of carbonyl (C=O) groups excluding carboxylic acids is 2. The second kappa shape index (κ2) is 10.3. The number of aromatic nitrogens is 4. The second-order valence-corrected chi connectivity index (χ2v) is 8.48. The maximum absolute atomic E-state index is 13.1. The molecular weight excluding hydrogens is 458 g/mol. The minimum atomic E-state index is -1.25. The number of nitrogens with one attached hydrogen (secondary N) is 1. The number of aliphatic hydroxyl groups excluding tert-OH is 2. The summed E-state index contributed by atoms with van der Waals surface area (Å²) in [4.78, 5) is 39.4. The molecule has 1 saturated heterocycles. The third-order valence-electron chi connectivity index (χ3n) is 5.77. The van der Waals surface area contributed by atoms with Crippen molar-refractivity contribution in [2.75, 3.05) is 25.6 Å². The van der Waals surface area contributed by atoms with E-state index >= 15 is 0 Å². The quantitative estimate of drug-likeness (QED) is 0.288. The summed E-state index contributed by atoms with van der Waals surface area (Å²) >= 11 is 0. The minimum Gasteiger partial charge on any atom is -0.452 e. The van der Waals surface area contributed by atoms with Gasteiger partial charge in [0.15, 0.2) is 29.3 Å². The molecule has 3 N–H and O–H groups in total. The topological polar surface area (TPSA) is 152 Å². The first kappa shape index (κ1) is 24.5. The number of fused-ring (bicyclic) bond motifs is 1. The largest absolute Gasteiger partial charge is 0.452 e.